The third kappa shape index (κ3) is 2.08. The molecule has 1 aromatic rings. The zero-order valence-corrected chi connectivity index (χ0v) is 8.34. The predicted octanol–water partition coefficient (Wildman–Crippen LogP) is 3.82. The Balaban J connectivity index is 3.21. The van der Waals surface area contributed by atoms with Gasteiger partial charge in [-0.05, 0) is 12.1 Å². The van der Waals surface area contributed by atoms with E-state index in [9.17, 15) is 0 Å². The molecule has 0 aliphatic rings. The molecule has 0 unspecified atom stereocenters. The Labute approximate surface area is 86.4 Å². The van der Waals surface area contributed by atoms with E-state index < -0.39 is 0 Å². The second kappa shape index (κ2) is 4.05. The van der Waals surface area contributed by atoms with E-state index in [4.69, 9.17) is 41.2 Å². The van der Waals surface area contributed by atoms with Crippen molar-refractivity contribution in [2.24, 2.45) is 0 Å². The van der Waals surface area contributed by atoms with Crippen LogP contribution in [0.1, 0.15) is 5.56 Å². The Bertz CT molecular complexity index is 313. The molecule has 0 heterocycles. The summed E-state index contributed by atoms with van der Waals surface area (Å²) < 4.78 is 0. The fraction of sp³-hybridized carbons (Fsp3) is 0.111. The maximum atomic E-state index is 5.85. The van der Waals surface area contributed by atoms with Crippen molar-refractivity contribution in [3.63, 3.8) is 0 Å². The van der Waals surface area contributed by atoms with Gasteiger partial charge in [0.05, 0.1) is 0 Å². The van der Waals surface area contributed by atoms with Gasteiger partial charge in [0.15, 0.2) is 0 Å². The Hall–Kier alpha value is -0.350. The maximum Gasteiger partial charge on any atom is 0.0477 e. The van der Waals surface area contributed by atoms with Crippen LogP contribution >= 0.6 is 34.8 Å². The van der Waals surface area contributed by atoms with Crippen molar-refractivity contribution in [1.82, 2.24) is 0 Å². The van der Waals surface area contributed by atoms with Crippen LogP contribution in [0.15, 0.2) is 12.1 Å². The summed E-state index contributed by atoms with van der Waals surface area (Å²) >= 11 is 17.4. The van der Waals surface area contributed by atoms with E-state index in [0.29, 0.717) is 21.5 Å². The molecule has 3 heteroatoms. The summed E-state index contributed by atoms with van der Waals surface area (Å²) in [6, 6.07) is 3.25. The van der Waals surface area contributed by atoms with Gasteiger partial charge < -0.3 is 0 Å². The molecule has 0 atom stereocenters. The molecule has 0 aromatic heterocycles. The molecular formula is C9H5Cl3. The second-order valence-corrected chi connectivity index (χ2v) is 3.48. The lowest BCUT2D eigenvalue weighted by Gasteiger charge is -2.03. The van der Waals surface area contributed by atoms with Gasteiger partial charge in [-0.2, -0.15) is 0 Å². The molecule has 0 nitrogen and oxygen atoms in total. The fourth-order valence-electron chi connectivity index (χ4n) is 0.843. The first-order chi connectivity index (χ1) is 5.65. The van der Waals surface area contributed by atoms with Crippen LogP contribution in [0.3, 0.4) is 0 Å². The first-order valence-electron chi connectivity index (χ1n) is 3.22. The zero-order chi connectivity index (χ0) is 9.14. The summed E-state index contributed by atoms with van der Waals surface area (Å²) in [5, 5.41) is 1.56. The largest absolute Gasteiger partial charge is 0.120 e. The van der Waals surface area contributed by atoms with Gasteiger partial charge in [0, 0.05) is 27.1 Å². The molecular weight excluding hydrogens is 214 g/mol. The standard InChI is InChI=1S/C9H5Cl3/c1-2-3-7-8(11)4-6(10)5-9(7)12/h1,4-5H,3H2. The highest BCUT2D eigenvalue weighted by atomic mass is 35.5. The lowest BCUT2D eigenvalue weighted by Crippen LogP contribution is -1.85. The first kappa shape index (κ1) is 9.74. The van der Waals surface area contributed by atoms with Crippen molar-refractivity contribution < 1.29 is 0 Å². The highest BCUT2D eigenvalue weighted by molar-refractivity contribution is 6.39. The smallest absolute Gasteiger partial charge is 0.0477 e. The first-order valence-corrected chi connectivity index (χ1v) is 4.35. The van der Waals surface area contributed by atoms with Crippen molar-refractivity contribution in [1.29, 1.82) is 0 Å². The minimum atomic E-state index is 0.425. The van der Waals surface area contributed by atoms with Crippen molar-refractivity contribution in [2.75, 3.05) is 0 Å². The number of hydrogen-bond donors (Lipinski definition) is 0. The summed E-state index contributed by atoms with van der Waals surface area (Å²) in [6.45, 7) is 0. The minimum absolute atomic E-state index is 0.425. The summed E-state index contributed by atoms with van der Waals surface area (Å²) in [6.07, 6.45) is 5.56. The second-order valence-electron chi connectivity index (χ2n) is 2.23. The molecule has 0 bridgehead atoms. The van der Waals surface area contributed by atoms with E-state index in [1.54, 1.807) is 12.1 Å². The maximum absolute atomic E-state index is 5.85. The van der Waals surface area contributed by atoms with E-state index in [0.717, 1.165) is 5.56 Å². The van der Waals surface area contributed by atoms with Crippen molar-refractivity contribution in [2.45, 2.75) is 6.42 Å². The lowest BCUT2D eigenvalue weighted by molar-refractivity contribution is 1.32. The van der Waals surface area contributed by atoms with Crippen LogP contribution in [-0.2, 0) is 6.42 Å². The van der Waals surface area contributed by atoms with Crippen molar-refractivity contribution in [3.8, 4) is 12.3 Å². The molecule has 0 fully saturated rings. The molecule has 0 saturated heterocycles. The van der Waals surface area contributed by atoms with Gasteiger partial charge in [-0.25, -0.2) is 0 Å². The molecule has 0 spiro atoms. The normalized spacial score (nSPS) is 9.50. The third-order valence-electron chi connectivity index (χ3n) is 1.38. The van der Waals surface area contributed by atoms with Crippen molar-refractivity contribution >= 4 is 34.8 Å². The Morgan fingerprint density at radius 3 is 2.08 bits per heavy atom. The molecule has 0 radical (unpaired) electrons. The highest BCUT2D eigenvalue weighted by Crippen LogP contribution is 2.28. The number of terminal acetylenes is 1. The van der Waals surface area contributed by atoms with Gasteiger partial charge in [-0.1, -0.05) is 34.8 Å². The van der Waals surface area contributed by atoms with Gasteiger partial charge in [-0.3, -0.25) is 0 Å². The monoisotopic (exact) mass is 218 g/mol. The Morgan fingerprint density at radius 1 is 1.17 bits per heavy atom. The number of hydrogen-bond acceptors (Lipinski definition) is 0. The summed E-state index contributed by atoms with van der Waals surface area (Å²) in [4.78, 5) is 0. The molecule has 62 valence electrons. The number of benzene rings is 1. The van der Waals surface area contributed by atoms with Crippen LogP contribution < -0.4 is 0 Å². The molecule has 1 rings (SSSR count). The molecule has 0 amide bonds. The van der Waals surface area contributed by atoms with Gasteiger partial charge in [0.2, 0.25) is 0 Å². The van der Waals surface area contributed by atoms with Gasteiger partial charge in [0.25, 0.3) is 0 Å². The van der Waals surface area contributed by atoms with Crippen LogP contribution in [0.25, 0.3) is 0 Å². The molecule has 0 aliphatic carbocycles. The SMILES string of the molecule is C#CCc1c(Cl)cc(Cl)cc1Cl. The van der Waals surface area contributed by atoms with E-state index >= 15 is 0 Å². The topological polar surface area (TPSA) is 0 Å². The summed E-state index contributed by atoms with van der Waals surface area (Å²) in [5.74, 6) is 2.47. The van der Waals surface area contributed by atoms with Crippen LogP contribution in [0.4, 0.5) is 0 Å². The zero-order valence-electron chi connectivity index (χ0n) is 6.07. The van der Waals surface area contributed by atoms with E-state index in [-0.39, 0.29) is 0 Å². The molecule has 12 heavy (non-hydrogen) atoms. The van der Waals surface area contributed by atoms with Gasteiger partial charge in [-0.15, -0.1) is 12.3 Å². The van der Waals surface area contributed by atoms with Crippen LogP contribution in [-0.4, -0.2) is 0 Å². The summed E-state index contributed by atoms with van der Waals surface area (Å²) in [7, 11) is 0. The minimum Gasteiger partial charge on any atom is -0.120 e. The van der Waals surface area contributed by atoms with Crippen molar-refractivity contribution in [3.05, 3.63) is 32.8 Å². The van der Waals surface area contributed by atoms with Gasteiger partial charge in [0.1, 0.15) is 0 Å². The quantitative estimate of drug-likeness (QED) is 0.630. The highest BCUT2D eigenvalue weighted by Gasteiger charge is 2.05. The Morgan fingerprint density at radius 2 is 1.67 bits per heavy atom. The third-order valence-corrected chi connectivity index (χ3v) is 2.28. The average Bonchev–Trinajstić information content (AvgIpc) is 1.96. The predicted molar refractivity (Wildman–Crippen MR) is 54.0 cm³/mol. The van der Waals surface area contributed by atoms with Gasteiger partial charge >= 0.3 is 0 Å². The van der Waals surface area contributed by atoms with Crippen LogP contribution in [0.5, 0.6) is 0 Å². The molecule has 1 aromatic carbocycles. The van der Waals surface area contributed by atoms with E-state index in [1.165, 1.54) is 0 Å². The van der Waals surface area contributed by atoms with Crippen LogP contribution in [0, 0.1) is 12.3 Å². The summed E-state index contributed by atoms with van der Waals surface area (Å²) in [5.41, 5.74) is 0.755. The van der Waals surface area contributed by atoms with E-state index in [1.807, 2.05) is 0 Å². The molecule has 0 aliphatic heterocycles. The molecule has 0 N–H and O–H groups in total. The van der Waals surface area contributed by atoms with Crippen LogP contribution in [0.2, 0.25) is 15.1 Å². The fourth-order valence-corrected chi connectivity index (χ4v) is 1.79. The lowest BCUT2D eigenvalue weighted by atomic mass is 10.1. The molecule has 0 saturated carbocycles. The Kier molecular flexibility index (Phi) is 3.29. The average molecular weight is 219 g/mol. The van der Waals surface area contributed by atoms with E-state index in [2.05, 4.69) is 5.92 Å². The number of halogens is 3. The number of rotatable bonds is 1.